The maximum atomic E-state index is 11.4. The molecule has 1 aliphatic carbocycles. The second-order valence-electron chi connectivity index (χ2n) is 11.8. The SMILES string of the molecule is Cc1sccc1C1=C(CN2CCN(c3ccc(C(=O)O)cc3)C(Oc3cnc4[nH]ccc4c3)C2)CCC(C)(C)C1. The molecule has 0 saturated carbocycles. The van der Waals surface area contributed by atoms with Gasteiger partial charge in [-0.05, 0) is 90.6 Å². The number of aromatic nitrogens is 2. The van der Waals surface area contributed by atoms with Gasteiger partial charge in [-0.2, -0.15) is 0 Å². The number of benzene rings is 1. The summed E-state index contributed by atoms with van der Waals surface area (Å²) >= 11 is 1.83. The minimum Gasteiger partial charge on any atom is -0.478 e. The molecule has 1 aromatic carbocycles. The average molecular weight is 557 g/mol. The van der Waals surface area contributed by atoms with E-state index in [0.29, 0.717) is 5.41 Å². The summed E-state index contributed by atoms with van der Waals surface area (Å²) < 4.78 is 6.63. The third-order valence-electron chi connectivity index (χ3n) is 8.30. The summed E-state index contributed by atoms with van der Waals surface area (Å²) in [6.07, 6.45) is 6.84. The van der Waals surface area contributed by atoms with Crippen LogP contribution in [0.2, 0.25) is 0 Å². The first-order valence-electron chi connectivity index (χ1n) is 13.9. The summed E-state index contributed by atoms with van der Waals surface area (Å²) in [5, 5.41) is 12.6. The molecule has 1 unspecified atom stereocenters. The van der Waals surface area contributed by atoms with E-state index in [2.05, 4.69) is 52.0 Å². The second kappa shape index (κ2) is 10.7. The van der Waals surface area contributed by atoms with Crippen LogP contribution in [0.15, 0.2) is 65.8 Å². The van der Waals surface area contributed by atoms with E-state index >= 15 is 0 Å². The molecular formula is C32H36N4O3S. The lowest BCUT2D eigenvalue weighted by Crippen LogP contribution is -2.56. The maximum Gasteiger partial charge on any atom is 0.335 e. The Kier molecular flexibility index (Phi) is 7.15. The number of ether oxygens (including phenoxy) is 1. The van der Waals surface area contributed by atoms with Gasteiger partial charge in [-0.25, -0.2) is 9.78 Å². The number of carboxylic acids is 1. The number of carbonyl (C=O) groups is 1. The van der Waals surface area contributed by atoms with Crippen LogP contribution in [0, 0.1) is 12.3 Å². The number of H-pyrrole nitrogens is 1. The number of carboxylic acid groups (broad SMARTS) is 1. The van der Waals surface area contributed by atoms with Crippen molar-refractivity contribution >= 4 is 39.6 Å². The molecule has 3 aromatic heterocycles. The zero-order valence-corrected chi connectivity index (χ0v) is 24.1. The monoisotopic (exact) mass is 556 g/mol. The Balaban J connectivity index is 1.28. The molecule has 7 nitrogen and oxygen atoms in total. The van der Waals surface area contributed by atoms with Crippen molar-refractivity contribution in [3.05, 3.63) is 81.8 Å². The van der Waals surface area contributed by atoms with Crippen LogP contribution in [-0.4, -0.2) is 58.4 Å². The summed E-state index contributed by atoms with van der Waals surface area (Å²) in [4.78, 5) is 25.2. The van der Waals surface area contributed by atoms with Crippen LogP contribution in [0.4, 0.5) is 5.69 Å². The van der Waals surface area contributed by atoms with Crippen LogP contribution < -0.4 is 9.64 Å². The Labute approximate surface area is 239 Å². The molecule has 4 aromatic rings. The van der Waals surface area contributed by atoms with Crippen LogP contribution in [0.5, 0.6) is 5.75 Å². The van der Waals surface area contributed by atoms with Crippen LogP contribution in [0.25, 0.3) is 16.6 Å². The number of piperazine rings is 1. The van der Waals surface area contributed by atoms with Gasteiger partial charge in [-0.15, -0.1) is 11.3 Å². The first-order chi connectivity index (χ1) is 19.3. The highest BCUT2D eigenvalue weighted by Crippen LogP contribution is 2.44. The van der Waals surface area contributed by atoms with Crippen LogP contribution in [-0.2, 0) is 0 Å². The molecule has 0 amide bonds. The number of aromatic amines is 1. The van der Waals surface area contributed by atoms with E-state index in [-0.39, 0.29) is 11.8 Å². The van der Waals surface area contributed by atoms with Gasteiger partial charge in [-0.3, -0.25) is 4.90 Å². The van der Waals surface area contributed by atoms with Crippen LogP contribution in [0.3, 0.4) is 0 Å². The number of nitrogens with one attached hydrogen (secondary N) is 1. The quantitative estimate of drug-likeness (QED) is 0.260. The molecule has 8 heteroatoms. The third kappa shape index (κ3) is 5.51. The summed E-state index contributed by atoms with van der Waals surface area (Å²) in [7, 11) is 0. The highest BCUT2D eigenvalue weighted by Gasteiger charge is 2.33. The van der Waals surface area contributed by atoms with Crippen molar-refractivity contribution in [2.75, 3.05) is 31.1 Å². The van der Waals surface area contributed by atoms with Gasteiger partial charge in [-0.1, -0.05) is 19.4 Å². The van der Waals surface area contributed by atoms with Crippen molar-refractivity contribution in [1.82, 2.24) is 14.9 Å². The van der Waals surface area contributed by atoms with Crippen molar-refractivity contribution in [3.8, 4) is 5.75 Å². The normalized spacial score (nSPS) is 19.8. The second-order valence-corrected chi connectivity index (χ2v) is 12.9. The lowest BCUT2D eigenvalue weighted by molar-refractivity contribution is 0.0697. The molecule has 0 bridgehead atoms. The van der Waals surface area contributed by atoms with Crippen molar-refractivity contribution in [1.29, 1.82) is 0 Å². The van der Waals surface area contributed by atoms with Gasteiger partial charge in [0, 0.05) is 41.8 Å². The van der Waals surface area contributed by atoms with Gasteiger partial charge in [0.1, 0.15) is 11.4 Å². The minimum absolute atomic E-state index is 0.241. The molecule has 2 aliphatic rings. The third-order valence-corrected chi connectivity index (χ3v) is 9.14. The van der Waals surface area contributed by atoms with E-state index in [1.54, 1.807) is 23.9 Å². The topological polar surface area (TPSA) is 81.7 Å². The first kappa shape index (κ1) is 26.6. The Morgan fingerprint density at radius 2 is 2.02 bits per heavy atom. The van der Waals surface area contributed by atoms with Gasteiger partial charge in [0.2, 0.25) is 0 Å². The number of nitrogens with zero attached hydrogens (tertiary/aromatic N) is 3. The number of aromatic carboxylic acids is 1. The number of fused-ring (bicyclic) bond motifs is 1. The van der Waals surface area contributed by atoms with Crippen molar-refractivity contribution in [2.24, 2.45) is 5.41 Å². The zero-order chi connectivity index (χ0) is 27.9. The van der Waals surface area contributed by atoms with E-state index in [0.717, 1.165) is 61.5 Å². The molecule has 0 radical (unpaired) electrons. The average Bonchev–Trinajstić information content (AvgIpc) is 3.58. The van der Waals surface area contributed by atoms with E-state index in [9.17, 15) is 9.90 Å². The van der Waals surface area contributed by atoms with Crippen LogP contribution in [0.1, 0.15) is 53.9 Å². The number of allylic oxidation sites excluding steroid dienone is 1. The van der Waals surface area contributed by atoms with Gasteiger partial charge in [0.05, 0.1) is 18.3 Å². The fourth-order valence-corrected chi connectivity index (χ4v) is 6.77. The van der Waals surface area contributed by atoms with E-state index in [4.69, 9.17) is 4.74 Å². The first-order valence-corrected chi connectivity index (χ1v) is 14.8. The zero-order valence-electron chi connectivity index (χ0n) is 23.3. The largest absolute Gasteiger partial charge is 0.478 e. The van der Waals surface area contributed by atoms with Gasteiger partial charge in [0.15, 0.2) is 6.23 Å². The maximum absolute atomic E-state index is 11.4. The Hall–Kier alpha value is -3.62. The predicted molar refractivity (Wildman–Crippen MR) is 161 cm³/mol. The number of aryl methyl sites for hydroxylation is 1. The summed E-state index contributed by atoms with van der Waals surface area (Å²) in [5.74, 6) is -0.199. The number of pyridine rings is 1. The lowest BCUT2D eigenvalue weighted by atomic mass is 9.72. The number of thiophene rings is 1. The number of hydrogen-bond donors (Lipinski definition) is 2. The lowest BCUT2D eigenvalue weighted by Gasteiger charge is -2.43. The summed E-state index contributed by atoms with van der Waals surface area (Å²) in [5.41, 5.74) is 6.88. The molecule has 1 atom stereocenters. The van der Waals surface area contributed by atoms with Gasteiger partial charge < -0.3 is 19.7 Å². The highest BCUT2D eigenvalue weighted by molar-refractivity contribution is 7.10. The number of rotatable bonds is 7. The molecule has 0 spiro atoms. The molecule has 2 N–H and O–H groups in total. The minimum atomic E-state index is -0.921. The molecule has 1 aliphatic heterocycles. The van der Waals surface area contributed by atoms with E-state index < -0.39 is 5.97 Å². The summed E-state index contributed by atoms with van der Waals surface area (Å²) in [6, 6.07) is 13.4. The molecule has 4 heterocycles. The van der Waals surface area contributed by atoms with Crippen LogP contribution >= 0.6 is 11.3 Å². The molecular weight excluding hydrogens is 520 g/mol. The van der Waals surface area contributed by atoms with Crippen molar-refractivity contribution in [3.63, 3.8) is 0 Å². The molecule has 6 rings (SSSR count). The van der Waals surface area contributed by atoms with Crippen molar-refractivity contribution < 1.29 is 14.6 Å². The van der Waals surface area contributed by atoms with E-state index in [1.807, 2.05) is 41.8 Å². The molecule has 1 saturated heterocycles. The Morgan fingerprint density at radius 3 is 2.77 bits per heavy atom. The fourth-order valence-electron chi connectivity index (χ4n) is 6.04. The highest BCUT2D eigenvalue weighted by atomic mass is 32.1. The molecule has 1 fully saturated rings. The smallest absolute Gasteiger partial charge is 0.335 e. The number of hydrogen-bond acceptors (Lipinski definition) is 6. The summed E-state index contributed by atoms with van der Waals surface area (Å²) in [6.45, 7) is 10.4. The number of anilines is 1. The molecule has 40 heavy (non-hydrogen) atoms. The van der Waals surface area contributed by atoms with Gasteiger partial charge in [0.25, 0.3) is 0 Å². The fraction of sp³-hybridized carbons (Fsp3) is 0.375. The Bertz CT molecular complexity index is 1550. The standard InChI is InChI=1S/C32H36N4O3S/c1-21-27(10-15-40-21)28-17-32(2,3)11-8-24(28)19-35-13-14-36(25-6-4-22(5-7-25)31(37)38)29(20-35)39-26-16-23-9-12-33-30(23)34-18-26/h4-7,9-10,12,15-16,18,29H,8,11,13-14,17,19-20H2,1-3H3,(H,33,34)(H,37,38). The van der Waals surface area contributed by atoms with Crippen molar-refractivity contribution in [2.45, 2.75) is 46.3 Å². The van der Waals surface area contributed by atoms with Gasteiger partial charge >= 0.3 is 5.97 Å². The predicted octanol–water partition coefficient (Wildman–Crippen LogP) is 6.82. The van der Waals surface area contributed by atoms with E-state index in [1.165, 1.54) is 22.4 Å². The molecule has 208 valence electrons. The Morgan fingerprint density at radius 1 is 1.20 bits per heavy atom.